The molecule has 0 fully saturated rings. The van der Waals surface area contributed by atoms with Gasteiger partial charge in [-0.3, -0.25) is 4.79 Å². The van der Waals surface area contributed by atoms with Crippen molar-refractivity contribution in [2.45, 2.75) is 13.3 Å². The maximum atomic E-state index is 11.6. The Morgan fingerprint density at radius 1 is 1.15 bits per heavy atom. The van der Waals surface area contributed by atoms with E-state index in [4.69, 9.17) is 9.47 Å². The Morgan fingerprint density at radius 2 is 1.80 bits per heavy atom. The zero-order chi connectivity index (χ0) is 13.9. The highest BCUT2D eigenvalue weighted by Crippen LogP contribution is 2.26. The number of benzene rings is 1. The summed E-state index contributed by atoms with van der Waals surface area (Å²) >= 11 is 0. The number of amides is 1. The van der Waals surface area contributed by atoms with E-state index in [9.17, 15) is 4.79 Å². The lowest BCUT2D eigenvalue weighted by atomic mass is 10.3. The van der Waals surface area contributed by atoms with E-state index in [1.54, 1.807) is 6.07 Å². The van der Waals surface area contributed by atoms with Crippen LogP contribution in [0.1, 0.15) is 13.3 Å². The lowest BCUT2D eigenvalue weighted by molar-refractivity contribution is -0.123. The van der Waals surface area contributed by atoms with Crippen LogP contribution in [0.5, 0.6) is 11.5 Å². The average Bonchev–Trinajstić information content (AvgIpc) is 2.43. The zero-order valence-electron chi connectivity index (χ0n) is 12.0. The molecule has 6 heteroatoms. The minimum atomic E-state index is -0.123. The van der Waals surface area contributed by atoms with Crippen LogP contribution in [0.25, 0.3) is 0 Å². The summed E-state index contributed by atoms with van der Waals surface area (Å²) in [5.74, 6) is 1.13. The third-order valence-electron chi connectivity index (χ3n) is 2.43. The minimum Gasteiger partial charge on any atom is -0.490 e. The molecule has 0 saturated carbocycles. The molecule has 114 valence electrons. The molecule has 0 atom stereocenters. The number of rotatable bonds is 9. The summed E-state index contributed by atoms with van der Waals surface area (Å²) in [6, 6.07) is 7.33. The molecule has 0 aromatic heterocycles. The van der Waals surface area contributed by atoms with Gasteiger partial charge in [-0.25, -0.2) is 0 Å². The molecule has 0 aliphatic carbocycles. The number of carbonyl (C=O) groups excluding carboxylic acids is 1. The van der Waals surface area contributed by atoms with Gasteiger partial charge in [0.2, 0.25) is 0 Å². The molecular weight excluding hydrogens is 280 g/mol. The Morgan fingerprint density at radius 3 is 2.40 bits per heavy atom. The van der Waals surface area contributed by atoms with Gasteiger partial charge < -0.3 is 20.1 Å². The van der Waals surface area contributed by atoms with Crippen molar-refractivity contribution < 1.29 is 14.3 Å². The topological polar surface area (TPSA) is 59.6 Å². The van der Waals surface area contributed by atoms with Crippen LogP contribution in [-0.2, 0) is 4.79 Å². The molecule has 1 rings (SSSR count). The van der Waals surface area contributed by atoms with Gasteiger partial charge in [-0.15, -0.1) is 12.4 Å². The quantitative estimate of drug-likeness (QED) is 0.681. The lowest BCUT2D eigenvalue weighted by Crippen LogP contribution is -2.31. The second-order valence-corrected chi connectivity index (χ2v) is 3.98. The third-order valence-corrected chi connectivity index (χ3v) is 2.43. The minimum absolute atomic E-state index is 0. The van der Waals surface area contributed by atoms with Crippen molar-refractivity contribution in [2.24, 2.45) is 0 Å². The molecule has 20 heavy (non-hydrogen) atoms. The highest BCUT2D eigenvalue weighted by atomic mass is 35.5. The van der Waals surface area contributed by atoms with Gasteiger partial charge in [0.1, 0.15) is 0 Å². The van der Waals surface area contributed by atoms with Crippen LogP contribution in [0.2, 0.25) is 0 Å². The fraction of sp³-hybridized carbons (Fsp3) is 0.500. The lowest BCUT2D eigenvalue weighted by Gasteiger charge is -2.11. The van der Waals surface area contributed by atoms with Crippen LogP contribution >= 0.6 is 12.4 Å². The van der Waals surface area contributed by atoms with Crippen LogP contribution in [0.4, 0.5) is 0 Å². The van der Waals surface area contributed by atoms with Crippen LogP contribution in [0.15, 0.2) is 24.3 Å². The molecule has 0 saturated heterocycles. The van der Waals surface area contributed by atoms with Crippen molar-refractivity contribution in [3.8, 4) is 11.5 Å². The summed E-state index contributed by atoms with van der Waals surface area (Å²) in [7, 11) is 1.88. The number of para-hydroxylation sites is 2. The second kappa shape index (κ2) is 11.4. The van der Waals surface area contributed by atoms with Crippen LogP contribution < -0.4 is 20.1 Å². The highest BCUT2D eigenvalue weighted by molar-refractivity contribution is 5.85. The monoisotopic (exact) mass is 302 g/mol. The van der Waals surface area contributed by atoms with E-state index >= 15 is 0 Å². The van der Waals surface area contributed by atoms with E-state index in [0.717, 1.165) is 13.0 Å². The number of carbonyl (C=O) groups is 1. The molecule has 0 spiro atoms. The largest absolute Gasteiger partial charge is 0.490 e. The molecule has 1 aromatic carbocycles. The Labute approximate surface area is 126 Å². The maximum absolute atomic E-state index is 11.6. The van der Waals surface area contributed by atoms with Gasteiger partial charge in [-0.1, -0.05) is 12.1 Å². The highest BCUT2D eigenvalue weighted by Gasteiger charge is 2.06. The smallest absolute Gasteiger partial charge is 0.257 e. The van der Waals surface area contributed by atoms with Gasteiger partial charge in [0.15, 0.2) is 18.1 Å². The van der Waals surface area contributed by atoms with Gasteiger partial charge in [0.25, 0.3) is 5.91 Å². The Hall–Kier alpha value is -1.46. The summed E-state index contributed by atoms with van der Waals surface area (Å²) in [6.45, 7) is 4.01. The first kappa shape index (κ1) is 18.5. The molecule has 0 aliphatic rings. The number of hydrogen-bond acceptors (Lipinski definition) is 4. The standard InChI is InChI=1S/C14H22N2O3.ClH/c1-3-18-12-7-4-5-8-13(12)19-11-14(17)16-10-6-9-15-2;/h4-5,7-8,15H,3,6,9-11H2,1-2H3,(H,16,17);1H. The molecule has 0 bridgehead atoms. The zero-order valence-corrected chi connectivity index (χ0v) is 12.8. The van der Waals surface area contributed by atoms with Crippen molar-refractivity contribution in [3.63, 3.8) is 0 Å². The van der Waals surface area contributed by atoms with E-state index in [1.165, 1.54) is 0 Å². The van der Waals surface area contributed by atoms with Gasteiger partial charge in [-0.2, -0.15) is 0 Å². The number of nitrogens with one attached hydrogen (secondary N) is 2. The third kappa shape index (κ3) is 7.21. The van der Waals surface area contributed by atoms with E-state index in [-0.39, 0.29) is 24.9 Å². The summed E-state index contributed by atoms with van der Waals surface area (Å²) in [5, 5.41) is 5.82. The predicted molar refractivity (Wildman–Crippen MR) is 81.9 cm³/mol. The first-order valence-corrected chi connectivity index (χ1v) is 6.53. The fourth-order valence-corrected chi connectivity index (χ4v) is 1.53. The number of halogens is 1. The summed E-state index contributed by atoms with van der Waals surface area (Å²) in [4.78, 5) is 11.6. The Balaban J connectivity index is 0.00000361. The van der Waals surface area contributed by atoms with E-state index in [2.05, 4.69) is 10.6 Å². The first-order valence-electron chi connectivity index (χ1n) is 6.53. The fourth-order valence-electron chi connectivity index (χ4n) is 1.53. The molecule has 1 aromatic rings. The predicted octanol–water partition coefficient (Wildman–Crippen LogP) is 1.61. The van der Waals surface area contributed by atoms with Crippen LogP contribution in [0, 0.1) is 0 Å². The molecule has 0 radical (unpaired) electrons. The van der Waals surface area contributed by atoms with Gasteiger partial charge >= 0.3 is 0 Å². The molecule has 5 nitrogen and oxygen atoms in total. The van der Waals surface area contributed by atoms with Crippen molar-refractivity contribution in [1.29, 1.82) is 0 Å². The van der Waals surface area contributed by atoms with E-state index in [1.807, 2.05) is 32.2 Å². The molecular formula is C14H23ClN2O3. The second-order valence-electron chi connectivity index (χ2n) is 3.98. The van der Waals surface area contributed by atoms with Gasteiger partial charge in [0.05, 0.1) is 6.61 Å². The van der Waals surface area contributed by atoms with Crippen molar-refractivity contribution in [2.75, 3.05) is 33.4 Å². The van der Waals surface area contributed by atoms with Gasteiger partial charge in [0, 0.05) is 6.54 Å². The maximum Gasteiger partial charge on any atom is 0.257 e. The summed E-state index contributed by atoms with van der Waals surface area (Å²) in [6.07, 6.45) is 0.901. The first-order chi connectivity index (χ1) is 9.27. The van der Waals surface area contributed by atoms with E-state index in [0.29, 0.717) is 24.7 Å². The molecule has 1 amide bonds. The van der Waals surface area contributed by atoms with E-state index < -0.39 is 0 Å². The normalized spacial score (nSPS) is 9.50. The molecule has 2 N–H and O–H groups in total. The molecule has 0 heterocycles. The van der Waals surface area contributed by atoms with Crippen LogP contribution in [0.3, 0.4) is 0 Å². The number of hydrogen-bond donors (Lipinski definition) is 2. The van der Waals surface area contributed by atoms with Gasteiger partial charge in [-0.05, 0) is 39.1 Å². The summed E-state index contributed by atoms with van der Waals surface area (Å²) < 4.78 is 10.9. The van der Waals surface area contributed by atoms with Crippen LogP contribution in [-0.4, -0.2) is 39.3 Å². The van der Waals surface area contributed by atoms with Crippen molar-refractivity contribution in [1.82, 2.24) is 10.6 Å². The van der Waals surface area contributed by atoms with Crippen molar-refractivity contribution in [3.05, 3.63) is 24.3 Å². The Kier molecular flexibility index (Phi) is 10.5. The summed E-state index contributed by atoms with van der Waals surface area (Å²) in [5.41, 5.74) is 0. The molecule has 0 aliphatic heterocycles. The molecule has 0 unspecified atom stereocenters. The average molecular weight is 303 g/mol. The van der Waals surface area contributed by atoms with Crippen molar-refractivity contribution >= 4 is 18.3 Å². The SMILES string of the molecule is CCOc1ccccc1OCC(=O)NCCCNC.Cl. The Bertz CT molecular complexity index is 388. The number of ether oxygens (including phenoxy) is 2.